The lowest BCUT2D eigenvalue weighted by Gasteiger charge is -2.35. The Bertz CT molecular complexity index is 718. The number of carbonyl (C=O) groups is 2. The number of aromatic nitrogens is 4. The molecule has 1 aromatic heterocycles. The van der Waals surface area contributed by atoms with Crippen LogP contribution in [0.5, 0.6) is 0 Å². The average molecular weight is 317 g/mol. The van der Waals surface area contributed by atoms with Gasteiger partial charge in [0.05, 0.1) is 18.3 Å². The van der Waals surface area contributed by atoms with Crippen LogP contribution in [-0.2, 0) is 9.53 Å². The SMILES string of the molecule is C[C@@H]1CN(C(=O)c2cccc(-n3cnnn3)c2)CC(C(=O)O)O1. The van der Waals surface area contributed by atoms with E-state index in [1.807, 2.05) is 0 Å². The molecule has 2 heterocycles. The van der Waals surface area contributed by atoms with Crippen LogP contribution >= 0.6 is 0 Å². The molecule has 0 radical (unpaired) electrons. The summed E-state index contributed by atoms with van der Waals surface area (Å²) in [7, 11) is 0. The van der Waals surface area contributed by atoms with Crippen LogP contribution < -0.4 is 0 Å². The van der Waals surface area contributed by atoms with Crippen molar-refractivity contribution in [1.82, 2.24) is 25.1 Å². The second-order valence-electron chi connectivity index (χ2n) is 5.29. The smallest absolute Gasteiger partial charge is 0.334 e. The summed E-state index contributed by atoms with van der Waals surface area (Å²) in [6.07, 6.45) is 0.0859. The molecule has 3 rings (SSSR count). The third kappa shape index (κ3) is 3.19. The van der Waals surface area contributed by atoms with Crippen molar-refractivity contribution in [1.29, 1.82) is 0 Å². The zero-order valence-electron chi connectivity index (χ0n) is 12.4. The van der Waals surface area contributed by atoms with E-state index in [0.29, 0.717) is 17.8 Å². The van der Waals surface area contributed by atoms with E-state index in [0.717, 1.165) is 0 Å². The predicted molar refractivity (Wildman–Crippen MR) is 77.0 cm³/mol. The Hall–Kier alpha value is -2.81. The standard InChI is InChI=1S/C14H15N5O4/c1-9-6-18(7-12(23-9)14(21)22)13(20)10-3-2-4-11(5-10)19-8-15-16-17-19/h2-5,8-9,12H,6-7H2,1H3,(H,21,22)/t9-,12?/m1/s1. The maximum atomic E-state index is 12.7. The number of benzene rings is 1. The van der Waals surface area contributed by atoms with Crippen LogP contribution in [0.15, 0.2) is 30.6 Å². The second kappa shape index (κ2) is 6.13. The second-order valence-corrected chi connectivity index (χ2v) is 5.29. The maximum absolute atomic E-state index is 12.7. The number of carbonyl (C=O) groups excluding carboxylic acids is 1. The molecule has 0 bridgehead atoms. The minimum atomic E-state index is -1.07. The first-order chi connectivity index (χ1) is 11.0. The first kappa shape index (κ1) is 15.1. The Kier molecular flexibility index (Phi) is 4.02. The average Bonchev–Trinajstić information content (AvgIpc) is 3.08. The Morgan fingerprint density at radius 3 is 2.87 bits per heavy atom. The molecule has 2 aromatic rings. The van der Waals surface area contributed by atoms with Gasteiger partial charge in [-0.1, -0.05) is 6.07 Å². The van der Waals surface area contributed by atoms with Crippen molar-refractivity contribution in [2.24, 2.45) is 0 Å². The molecule has 120 valence electrons. The molecule has 0 spiro atoms. The van der Waals surface area contributed by atoms with E-state index < -0.39 is 12.1 Å². The van der Waals surface area contributed by atoms with E-state index in [1.165, 1.54) is 15.9 Å². The van der Waals surface area contributed by atoms with Crippen LogP contribution in [0.2, 0.25) is 0 Å². The molecular formula is C14H15N5O4. The maximum Gasteiger partial charge on any atom is 0.334 e. The number of tetrazole rings is 1. The molecule has 1 saturated heterocycles. The highest BCUT2D eigenvalue weighted by molar-refractivity contribution is 5.95. The quantitative estimate of drug-likeness (QED) is 0.846. The lowest BCUT2D eigenvalue weighted by atomic mass is 10.1. The number of amides is 1. The van der Waals surface area contributed by atoms with Crippen molar-refractivity contribution in [3.8, 4) is 5.69 Å². The Morgan fingerprint density at radius 2 is 2.17 bits per heavy atom. The lowest BCUT2D eigenvalue weighted by Crippen LogP contribution is -2.51. The summed E-state index contributed by atoms with van der Waals surface area (Å²) >= 11 is 0. The molecular weight excluding hydrogens is 302 g/mol. The molecule has 1 aliphatic rings. The zero-order valence-corrected chi connectivity index (χ0v) is 12.4. The van der Waals surface area contributed by atoms with Crippen molar-refractivity contribution in [3.05, 3.63) is 36.2 Å². The van der Waals surface area contributed by atoms with Gasteiger partial charge < -0.3 is 14.7 Å². The number of nitrogens with zero attached hydrogens (tertiary/aromatic N) is 5. The monoisotopic (exact) mass is 317 g/mol. The van der Waals surface area contributed by atoms with Gasteiger partial charge in [0.2, 0.25) is 0 Å². The number of aliphatic carboxylic acids is 1. The van der Waals surface area contributed by atoms with Crippen LogP contribution in [0.25, 0.3) is 5.69 Å². The summed E-state index contributed by atoms with van der Waals surface area (Å²) in [5.41, 5.74) is 1.09. The molecule has 2 atom stereocenters. The molecule has 0 saturated carbocycles. The van der Waals surface area contributed by atoms with Crippen LogP contribution in [0.3, 0.4) is 0 Å². The summed E-state index contributed by atoms with van der Waals surface area (Å²) in [5.74, 6) is -1.32. The Morgan fingerprint density at radius 1 is 1.35 bits per heavy atom. The fourth-order valence-corrected chi connectivity index (χ4v) is 2.50. The summed E-state index contributed by atoms with van der Waals surface area (Å²) in [6, 6.07) is 6.83. The number of rotatable bonds is 3. The molecule has 1 aliphatic heterocycles. The summed E-state index contributed by atoms with van der Waals surface area (Å²) < 4.78 is 6.77. The fraction of sp³-hybridized carbons (Fsp3) is 0.357. The molecule has 1 N–H and O–H groups in total. The van der Waals surface area contributed by atoms with Crippen LogP contribution in [0, 0.1) is 0 Å². The van der Waals surface area contributed by atoms with Gasteiger partial charge in [0, 0.05) is 12.1 Å². The minimum Gasteiger partial charge on any atom is -0.479 e. The van der Waals surface area contributed by atoms with Gasteiger partial charge in [-0.25, -0.2) is 9.48 Å². The highest BCUT2D eigenvalue weighted by Gasteiger charge is 2.33. The Balaban J connectivity index is 1.82. The van der Waals surface area contributed by atoms with E-state index in [-0.39, 0.29) is 18.6 Å². The van der Waals surface area contributed by atoms with Gasteiger partial charge in [-0.05, 0) is 35.5 Å². The summed E-state index contributed by atoms with van der Waals surface area (Å²) in [5, 5.41) is 20.0. The van der Waals surface area contributed by atoms with Gasteiger partial charge >= 0.3 is 5.97 Å². The van der Waals surface area contributed by atoms with Crippen molar-refractivity contribution in [3.63, 3.8) is 0 Å². The van der Waals surface area contributed by atoms with Gasteiger partial charge in [0.15, 0.2) is 6.10 Å². The van der Waals surface area contributed by atoms with Crippen LogP contribution in [-0.4, -0.2) is 67.4 Å². The van der Waals surface area contributed by atoms with Crippen molar-refractivity contribution >= 4 is 11.9 Å². The number of hydrogen-bond acceptors (Lipinski definition) is 6. The normalized spacial score (nSPS) is 21.2. The minimum absolute atomic E-state index is 0.0214. The van der Waals surface area contributed by atoms with Crippen molar-refractivity contribution in [2.75, 3.05) is 13.1 Å². The number of hydrogen-bond donors (Lipinski definition) is 1. The van der Waals surface area contributed by atoms with Gasteiger partial charge in [-0.3, -0.25) is 4.79 Å². The van der Waals surface area contributed by atoms with E-state index in [4.69, 9.17) is 9.84 Å². The zero-order chi connectivity index (χ0) is 16.4. The number of ether oxygens (including phenoxy) is 1. The van der Waals surface area contributed by atoms with E-state index in [2.05, 4.69) is 15.5 Å². The molecule has 1 fully saturated rings. The van der Waals surface area contributed by atoms with E-state index >= 15 is 0 Å². The molecule has 9 heteroatoms. The number of morpholine rings is 1. The number of carboxylic acids is 1. The highest BCUT2D eigenvalue weighted by Crippen LogP contribution is 2.16. The first-order valence-electron chi connectivity index (χ1n) is 7.05. The molecule has 0 aliphatic carbocycles. The third-order valence-electron chi connectivity index (χ3n) is 3.53. The molecule has 23 heavy (non-hydrogen) atoms. The summed E-state index contributed by atoms with van der Waals surface area (Å²) in [6.45, 7) is 2.11. The topological polar surface area (TPSA) is 110 Å². The van der Waals surface area contributed by atoms with Crippen molar-refractivity contribution in [2.45, 2.75) is 19.1 Å². The van der Waals surface area contributed by atoms with Gasteiger partial charge in [0.1, 0.15) is 6.33 Å². The summed E-state index contributed by atoms with van der Waals surface area (Å²) in [4.78, 5) is 25.3. The molecule has 9 nitrogen and oxygen atoms in total. The van der Waals surface area contributed by atoms with E-state index in [9.17, 15) is 9.59 Å². The van der Waals surface area contributed by atoms with Gasteiger partial charge in [-0.15, -0.1) is 5.10 Å². The molecule has 1 amide bonds. The molecule has 1 aromatic carbocycles. The third-order valence-corrected chi connectivity index (χ3v) is 3.53. The van der Waals surface area contributed by atoms with Crippen LogP contribution in [0.4, 0.5) is 0 Å². The highest BCUT2D eigenvalue weighted by atomic mass is 16.5. The largest absolute Gasteiger partial charge is 0.479 e. The van der Waals surface area contributed by atoms with Crippen LogP contribution in [0.1, 0.15) is 17.3 Å². The lowest BCUT2D eigenvalue weighted by molar-refractivity contribution is -0.160. The van der Waals surface area contributed by atoms with Gasteiger partial charge in [-0.2, -0.15) is 0 Å². The predicted octanol–water partition coefficient (Wildman–Crippen LogP) is -0.0236. The molecule has 1 unspecified atom stereocenters. The number of carboxylic acid groups (broad SMARTS) is 1. The van der Waals surface area contributed by atoms with E-state index in [1.54, 1.807) is 31.2 Å². The van der Waals surface area contributed by atoms with Gasteiger partial charge in [0.25, 0.3) is 5.91 Å². The first-order valence-corrected chi connectivity index (χ1v) is 7.05. The fourth-order valence-electron chi connectivity index (χ4n) is 2.50. The van der Waals surface area contributed by atoms with Crippen molar-refractivity contribution < 1.29 is 19.4 Å². The Labute approximate surface area is 131 Å².